The van der Waals surface area contributed by atoms with Crippen molar-refractivity contribution in [1.82, 2.24) is 14.8 Å². The third-order valence-corrected chi connectivity index (χ3v) is 12.5. The van der Waals surface area contributed by atoms with Gasteiger partial charge >= 0.3 is 0 Å². The minimum absolute atomic E-state index is 0.107. The van der Waals surface area contributed by atoms with Crippen molar-refractivity contribution in [3.63, 3.8) is 0 Å². The second kappa shape index (κ2) is 14.7. The standard InChI is InChI=1S/C53H46BN7/c1-36(2)44-21-14-22-45(37(3)4)51(44)38-33-56-59(34-38)43-24-26-49-47(32-43)54-46-31-42(58-30-29-57(35-58)39-15-8-5-9-16-39)23-25-48(46)60(40-17-10-6-11-18-40)50-27-28-55-53(52(50)54)61(49)41-19-12-7-13-20-41/h5-34,36-37H,35H2,1-4H3. The highest BCUT2D eigenvalue weighted by Gasteiger charge is 2.44. The van der Waals surface area contributed by atoms with Gasteiger partial charge in [0.2, 0.25) is 0 Å². The number of pyridine rings is 1. The fraction of sp³-hybridized carbons (Fsp3) is 0.132. The summed E-state index contributed by atoms with van der Waals surface area (Å²) in [6, 6.07) is 54.7. The van der Waals surface area contributed by atoms with Crippen LogP contribution in [0, 0.1) is 0 Å². The predicted molar refractivity (Wildman–Crippen MR) is 254 cm³/mol. The van der Waals surface area contributed by atoms with Gasteiger partial charge in [0.1, 0.15) is 5.82 Å². The maximum Gasteiger partial charge on any atom is 0.254 e. The summed E-state index contributed by atoms with van der Waals surface area (Å²) in [5.74, 6) is 1.71. The molecule has 8 heteroatoms. The molecule has 61 heavy (non-hydrogen) atoms. The lowest BCUT2D eigenvalue weighted by Crippen LogP contribution is -2.61. The molecular formula is C53H46BN7. The summed E-state index contributed by atoms with van der Waals surface area (Å²) in [6.45, 7) is 9.74. The van der Waals surface area contributed by atoms with E-state index in [0.29, 0.717) is 11.8 Å². The summed E-state index contributed by atoms with van der Waals surface area (Å²) in [4.78, 5) is 14.6. The molecule has 0 saturated carbocycles. The van der Waals surface area contributed by atoms with Crippen LogP contribution in [-0.2, 0) is 0 Å². The van der Waals surface area contributed by atoms with E-state index in [-0.39, 0.29) is 6.71 Å². The zero-order chi connectivity index (χ0) is 41.2. The summed E-state index contributed by atoms with van der Waals surface area (Å²) in [5, 5.41) is 5.07. The van der Waals surface area contributed by atoms with Crippen molar-refractivity contribution in [2.24, 2.45) is 0 Å². The van der Waals surface area contributed by atoms with Gasteiger partial charge in [-0.2, -0.15) is 5.10 Å². The van der Waals surface area contributed by atoms with Crippen LogP contribution in [0.3, 0.4) is 0 Å². The Morgan fingerprint density at radius 1 is 0.525 bits per heavy atom. The first-order chi connectivity index (χ1) is 29.9. The Morgan fingerprint density at radius 2 is 1.08 bits per heavy atom. The lowest BCUT2D eigenvalue weighted by molar-refractivity contribution is 0.838. The minimum atomic E-state index is -0.107. The van der Waals surface area contributed by atoms with Crippen molar-refractivity contribution >= 4 is 68.7 Å². The van der Waals surface area contributed by atoms with E-state index in [0.717, 1.165) is 57.9 Å². The third kappa shape index (κ3) is 6.12. The van der Waals surface area contributed by atoms with E-state index in [1.165, 1.54) is 38.8 Å². The third-order valence-electron chi connectivity index (χ3n) is 12.5. The molecule has 0 saturated heterocycles. The molecule has 0 aliphatic carbocycles. The van der Waals surface area contributed by atoms with E-state index < -0.39 is 0 Å². The molecule has 0 bridgehead atoms. The maximum atomic E-state index is 5.23. The van der Waals surface area contributed by atoms with Crippen LogP contribution < -0.4 is 36.0 Å². The number of aromatic nitrogens is 3. The highest BCUT2D eigenvalue weighted by atomic mass is 15.3. The van der Waals surface area contributed by atoms with Crippen molar-refractivity contribution in [2.75, 3.05) is 26.3 Å². The van der Waals surface area contributed by atoms with Gasteiger partial charge in [0.25, 0.3) is 6.71 Å². The van der Waals surface area contributed by atoms with Gasteiger partial charge in [-0.05, 0) is 124 Å². The molecule has 0 atom stereocenters. The summed E-state index contributed by atoms with van der Waals surface area (Å²) in [6.07, 6.45) is 10.6. The molecule has 0 N–H and O–H groups in total. The number of hydrogen-bond donors (Lipinski definition) is 0. The molecule has 0 spiro atoms. The molecule has 8 aromatic rings. The highest BCUT2D eigenvalue weighted by Crippen LogP contribution is 2.44. The van der Waals surface area contributed by atoms with E-state index in [4.69, 9.17) is 10.1 Å². The Hall–Kier alpha value is -7.32. The lowest BCUT2D eigenvalue weighted by Gasteiger charge is -2.43. The van der Waals surface area contributed by atoms with Crippen molar-refractivity contribution in [1.29, 1.82) is 0 Å². The molecular weight excluding hydrogens is 745 g/mol. The molecule has 7 nitrogen and oxygen atoms in total. The molecule has 5 heterocycles. The lowest BCUT2D eigenvalue weighted by atomic mass is 9.33. The van der Waals surface area contributed by atoms with Gasteiger partial charge in [0, 0.05) is 70.2 Å². The quantitative estimate of drug-likeness (QED) is 0.143. The number of benzene rings is 6. The number of hydrogen-bond acceptors (Lipinski definition) is 6. The first-order valence-electron chi connectivity index (χ1n) is 21.3. The summed E-state index contributed by atoms with van der Waals surface area (Å²) in [7, 11) is 0. The Bertz CT molecular complexity index is 2900. The van der Waals surface area contributed by atoms with Crippen molar-refractivity contribution in [2.45, 2.75) is 39.5 Å². The van der Waals surface area contributed by atoms with E-state index >= 15 is 0 Å². The summed E-state index contributed by atoms with van der Waals surface area (Å²) >= 11 is 0. The summed E-state index contributed by atoms with van der Waals surface area (Å²) < 4.78 is 2.06. The minimum Gasteiger partial charge on any atom is -0.328 e. The smallest absolute Gasteiger partial charge is 0.254 e. The van der Waals surface area contributed by atoms with Crippen LogP contribution in [0.1, 0.15) is 50.7 Å². The number of rotatable bonds is 8. The fourth-order valence-corrected chi connectivity index (χ4v) is 9.65. The Kier molecular flexibility index (Phi) is 8.88. The van der Waals surface area contributed by atoms with Crippen LogP contribution in [-0.4, -0.2) is 28.1 Å². The van der Waals surface area contributed by atoms with Gasteiger partial charge in [0.15, 0.2) is 0 Å². The summed E-state index contributed by atoms with van der Waals surface area (Å²) in [5.41, 5.74) is 17.7. The average Bonchev–Trinajstić information content (AvgIpc) is 4.01. The van der Waals surface area contributed by atoms with Crippen molar-refractivity contribution in [3.8, 4) is 16.8 Å². The van der Waals surface area contributed by atoms with Gasteiger partial charge < -0.3 is 14.7 Å². The number of nitrogens with zero attached hydrogens (tertiary/aromatic N) is 7. The molecule has 6 aromatic carbocycles. The average molecular weight is 792 g/mol. The van der Waals surface area contributed by atoms with E-state index in [1.54, 1.807) is 0 Å². The van der Waals surface area contributed by atoms with Crippen LogP contribution in [0.15, 0.2) is 183 Å². The second-order valence-corrected chi connectivity index (χ2v) is 16.8. The molecule has 0 radical (unpaired) electrons. The first kappa shape index (κ1) is 36.7. The van der Waals surface area contributed by atoms with Gasteiger partial charge in [-0.25, -0.2) is 9.67 Å². The van der Waals surface area contributed by atoms with Crippen LogP contribution >= 0.6 is 0 Å². The molecule has 0 amide bonds. The first-order valence-corrected chi connectivity index (χ1v) is 21.3. The van der Waals surface area contributed by atoms with Crippen LogP contribution in [0.25, 0.3) is 16.8 Å². The van der Waals surface area contributed by atoms with Gasteiger partial charge in [0.05, 0.1) is 18.6 Å². The number of para-hydroxylation sites is 3. The monoisotopic (exact) mass is 791 g/mol. The molecule has 0 unspecified atom stereocenters. The molecule has 2 aromatic heterocycles. The van der Waals surface area contributed by atoms with Crippen molar-refractivity contribution in [3.05, 3.63) is 194 Å². The SMILES string of the molecule is CC(C)c1cccc(C(C)C)c1-c1cnn(-c2ccc3c(c2)B2c4cc(N5C=CN(c6ccccc6)C5)ccc4N(c4ccccc4)c4ccnc(c42)N3c2ccccc2)c1. The maximum absolute atomic E-state index is 5.23. The van der Waals surface area contributed by atoms with Crippen molar-refractivity contribution < 1.29 is 0 Å². The Labute approximate surface area is 358 Å². The molecule has 11 rings (SSSR count). The Balaban J connectivity index is 1.11. The zero-order valence-electron chi connectivity index (χ0n) is 34.9. The van der Waals surface area contributed by atoms with Crippen LogP contribution in [0.2, 0.25) is 0 Å². The van der Waals surface area contributed by atoms with Gasteiger partial charge in [-0.1, -0.05) is 100 Å². The van der Waals surface area contributed by atoms with E-state index in [2.05, 4.69) is 222 Å². The van der Waals surface area contributed by atoms with Crippen LogP contribution in [0.4, 0.5) is 45.6 Å². The fourth-order valence-electron chi connectivity index (χ4n) is 9.65. The largest absolute Gasteiger partial charge is 0.328 e. The predicted octanol–water partition coefficient (Wildman–Crippen LogP) is 11.0. The number of fused-ring (bicyclic) bond motifs is 4. The molecule has 0 fully saturated rings. The van der Waals surface area contributed by atoms with E-state index in [9.17, 15) is 0 Å². The normalized spacial score (nSPS) is 13.9. The zero-order valence-corrected chi connectivity index (χ0v) is 34.9. The molecule has 296 valence electrons. The molecule has 3 aliphatic heterocycles. The topological polar surface area (TPSA) is 43.7 Å². The highest BCUT2D eigenvalue weighted by molar-refractivity contribution is 7.00. The van der Waals surface area contributed by atoms with Crippen LogP contribution in [0.5, 0.6) is 0 Å². The van der Waals surface area contributed by atoms with Gasteiger partial charge in [-0.3, -0.25) is 4.90 Å². The molecule has 3 aliphatic rings. The number of anilines is 8. The van der Waals surface area contributed by atoms with Gasteiger partial charge in [-0.15, -0.1) is 0 Å². The van der Waals surface area contributed by atoms with E-state index in [1.807, 2.05) is 12.4 Å². The Morgan fingerprint density at radius 3 is 1.72 bits per heavy atom. The second-order valence-electron chi connectivity index (χ2n) is 16.8.